The first kappa shape index (κ1) is 21.6. The van der Waals surface area contributed by atoms with E-state index in [1.54, 1.807) is 11.3 Å². The summed E-state index contributed by atoms with van der Waals surface area (Å²) in [5.41, 5.74) is 1.45. The number of aryl methyl sites for hydroxylation is 2. The molecule has 5 nitrogen and oxygen atoms in total. The van der Waals surface area contributed by atoms with Gasteiger partial charge in [-0.25, -0.2) is 0 Å². The van der Waals surface area contributed by atoms with Crippen LogP contribution in [0.1, 0.15) is 63.8 Å². The SMILES string of the molecule is Cc1cc(C(=O)CN2CCC(O)(CN3CCCC[C@@H]3c3cccnc3)CC2)c(C)s1. The number of carbonyl (C=O) groups excluding carboxylic acids is 1. The van der Waals surface area contributed by atoms with Gasteiger partial charge in [0.25, 0.3) is 0 Å². The summed E-state index contributed by atoms with van der Waals surface area (Å²) in [4.78, 5) is 24.0. The molecule has 2 fully saturated rings. The Balaban J connectivity index is 1.34. The lowest BCUT2D eigenvalue weighted by atomic mass is 9.88. The Hall–Kier alpha value is -1.60. The Morgan fingerprint density at radius 3 is 2.73 bits per heavy atom. The lowest BCUT2D eigenvalue weighted by Gasteiger charge is -2.44. The van der Waals surface area contributed by atoms with Crippen LogP contribution in [0.15, 0.2) is 30.6 Å². The molecule has 2 aromatic rings. The molecule has 2 aliphatic heterocycles. The number of Topliss-reactive ketones (excluding diaryl/α,β-unsaturated/α-hetero) is 1. The molecule has 0 aromatic carbocycles. The summed E-state index contributed by atoms with van der Waals surface area (Å²) in [6.07, 6.45) is 8.77. The van der Waals surface area contributed by atoms with Gasteiger partial charge in [-0.1, -0.05) is 12.5 Å². The van der Waals surface area contributed by atoms with Gasteiger partial charge in [0.05, 0.1) is 12.1 Å². The van der Waals surface area contributed by atoms with Crippen LogP contribution < -0.4 is 0 Å². The van der Waals surface area contributed by atoms with Crippen molar-refractivity contribution in [3.05, 3.63) is 51.5 Å². The van der Waals surface area contributed by atoms with E-state index < -0.39 is 5.60 Å². The quantitative estimate of drug-likeness (QED) is 0.706. The van der Waals surface area contributed by atoms with E-state index in [4.69, 9.17) is 0 Å². The first-order chi connectivity index (χ1) is 14.4. The highest BCUT2D eigenvalue weighted by Crippen LogP contribution is 2.34. The van der Waals surface area contributed by atoms with Gasteiger partial charge < -0.3 is 5.11 Å². The average molecular weight is 428 g/mol. The van der Waals surface area contributed by atoms with Gasteiger partial charge in [0.1, 0.15) is 0 Å². The van der Waals surface area contributed by atoms with Crippen LogP contribution in [0, 0.1) is 13.8 Å². The molecule has 0 amide bonds. The molecule has 162 valence electrons. The number of hydrogen-bond acceptors (Lipinski definition) is 6. The molecule has 2 aromatic heterocycles. The van der Waals surface area contributed by atoms with Gasteiger partial charge in [0.2, 0.25) is 0 Å². The van der Waals surface area contributed by atoms with Crippen LogP contribution in [0.2, 0.25) is 0 Å². The number of ketones is 1. The van der Waals surface area contributed by atoms with Crippen LogP contribution in [0.25, 0.3) is 0 Å². The van der Waals surface area contributed by atoms with Crippen molar-refractivity contribution in [3.63, 3.8) is 0 Å². The molecule has 1 atom stereocenters. The average Bonchev–Trinajstić information content (AvgIpc) is 3.09. The molecule has 0 radical (unpaired) electrons. The number of thiophene rings is 1. The number of carbonyl (C=O) groups is 1. The standard InChI is InChI=1S/C24H33N3O2S/c1-18-14-21(19(2)30-18)23(28)16-26-12-8-24(29,9-13-26)17-27-11-4-3-7-22(27)20-6-5-10-25-15-20/h5-6,10,14-15,22,29H,3-4,7-9,11-13,16-17H2,1-2H3/t22-/m1/s1. The molecule has 2 aliphatic rings. The maximum atomic E-state index is 12.7. The predicted molar refractivity (Wildman–Crippen MR) is 121 cm³/mol. The molecule has 2 saturated heterocycles. The fraction of sp³-hybridized carbons (Fsp3) is 0.583. The van der Waals surface area contributed by atoms with Gasteiger partial charge in [0.15, 0.2) is 5.78 Å². The normalized spacial score (nSPS) is 22.8. The van der Waals surface area contributed by atoms with Gasteiger partial charge in [-0.05, 0) is 63.8 Å². The fourth-order valence-electron chi connectivity index (χ4n) is 4.99. The molecule has 4 heterocycles. The number of hydrogen-bond donors (Lipinski definition) is 1. The van der Waals surface area contributed by atoms with Crippen molar-refractivity contribution in [2.75, 3.05) is 32.7 Å². The highest BCUT2D eigenvalue weighted by atomic mass is 32.1. The number of rotatable bonds is 6. The number of piperidine rings is 2. The van der Waals surface area contributed by atoms with Gasteiger partial charge in [-0.15, -0.1) is 11.3 Å². The Bertz CT molecular complexity index is 859. The zero-order valence-electron chi connectivity index (χ0n) is 18.1. The Labute approximate surface area is 183 Å². The minimum atomic E-state index is -0.674. The molecule has 0 bridgehead atoms. The number of pyridine rings is 1. The molecule has 0 unspecified atom stereocenters. The van der Waals surface area contributed by atoms with E-state index in [9.17, 15) is 9.90 Å². The maximum Gasteiger partial charge on any atom is 0.177 e. The molecule has 30 heavy (non-hydrogen) atoms. The third kappa shape index (κ3) is 4.99. The molecule has 6 heteroatoms. The molecule has 4 rings (SSSR count). The smallest absolute Gasteiger partial charge is 0.177 e. The lowest BCUT2D eigenvalue weighted by molar-refractivity contribution is -0.0574. The second-order valence-corrected chi connectivity index (χ2v) is 10.5. The van der Waals surface area contributed by atoms with Gasteiger partial charge in [-0.3, -0.25) is 19.6 Å². The zero-order valence-corrected chi connectivity index (χ0v) is 19.0. The second kappa shape index (κ2) is 9.27. The van der Waals surface area contributed by atoms with E-state index in [0.29, 0.717) is 19.1 Å². The molecule has 0 aliphatic carbocycles. The molecular weight excluding hydrogens is 394 g/mol. The topological polar surface area (TPSA) is 56.7 Å². The largest absolute Gasteiger partial charge is 0.388 e. The summed E-state index contributed by atoms with van der Waals surface area (Å²) in [6.45, 7) is 7.81. The predicted octanol–water partition coefficient (Wildman–Crippen LogP) is 4.00. The highest BCUT2D eigenvalue weighted by molar-refractivity contribution is 7.12. The molecule has 1 N–H and O–H groups in total. The fourth-order valence-corrected chi connectivity index (χ4v) is 5.93. The second-order valence-electron chi connectivity index (χ2n) is 9.02. The third-order valence-electron chi connectivity index (χ3n) is 6.68. The van der Waals surface area contributed by atoms with Crippen LogP contribution >= 0.6 is 11.3 Å². The summed E-state index contributed by atoms with van der Waals surface area (Å²) >= 11 is 1.69. The van der Waals surface area contributed by atoms with Crippen molar-refractivity contribution in [1.29, 1.82) is 0 Å². The van der Waals surface area contributed by atoms with E-state index >= 15 is 0 Å². The summed E-state index contributed by atoms with van der Waals surface area (Å²) in [5.74, 6) is 0.204. The van der Waals surface area contributed by atoms with Crippen LogP contribution in [0.5, 0.6) is 0 Å². The van der Waals surface area contributed by atoms with Crippen molar-refractivity contribution >= 4 is 17.1 Å². The lowest BCUT2D eigenvalue weighted by Crippen LogP contribution is -2.53. The van der Waals surface area contributed by atoms with Gasteiger partial charge in [-0.2, -0.15) is 0 Å². The van der Waals surface area contributed by atoms with Crippen LogP contribution in [-0.2, 0) is 0 Å². The first-order valence-corrected chi connectivity index (χ1v) is 11.9. The first-order valence-electron chi connectivity index (χ1n) is 11.1. The Morgan fingerprint density at radius 2 is 2.07 bits per heavy atom. The summed E-state index contributed by atoms with van der Waals surface area (Å²) in [5, 5.41) is 11.3. The van der Waals surface area contributed by atoms with Crippen molar-refractivity contribution in [2.24, 2.45) is 0 Å². The van der Waals surface area contributed by atoms with Gasteiger partial charge >= 0.3 is 0 Å². The number of likely N-dealkylation sites (tertiary alicyclic amines) is 2. The molecule has 0 spiro atoms. The van der Waals surface area contributed by atoms with E-state index in [2.05, 4.69) is 27.8 Å². The number of β-amino-alcohol motifs (C(OH)–C–C–N with tert-alkyl or cyclic N) is 1. The minimum Gasteiger partial charge on any atom is -0.388 e. The van der Waals surface area contributed by atoms with Crippen LogP contribution in [0.3, 0.4) is 0 Å². The van der Waals surface area contributed by atoms with Crippen molar-refractivity contribution < 1.29 is 9.90 Å². The zero-order chi connectivity index (χ0) is 21.1. The van der Waals surface area contributed by atoms with Crippen molar-refractivity contribution in [2.45, 2.75) is 57.6 Å². The monoisotopic (exact) mass is 427 g/mol. The summed E-state index contributed by atoms with van der Waals surface area (Å²) in [6, 6.07) is 6.52. The number of aliphatic hydroxyl groups is 1. The third-order valence-corrected chi connectivity index (χ3v) is 7.64. The van der Waals surface area contributed by atoms with Crippen molar-refractivity contribution in [1.82, 2.24) is 14.8 Å². The summed E-state index contributed by atoms with van der Waals surface area (Å²) < 4.78 is 0. The summed E-state index contributed by atoms with van der Waals surface area (Å²) in [7, 11) is 0. The van der Waals surface area contributed by atoms with E-state index in [1.807, 2.05) is 31.5 Å². The Morgan fingerprint density at radius 1 is 1.27 bits per heavy atom. The van der Waals surface area contributed by atoms with Crippen LogP contribution in [0.4, 0.5) is 0 Å². The van der Waals surface area contributed by atoms with E-state index in [1.165, 1.54) is 23.3 Å². The van der Waals surface area contributed by atoms with Crippen molar-refractivity contribution in [3.8, 4) is 0 Å². The number of nitrogens with zero attached hydrogens (tertiary/aromatic N) is 3. The van der Waals surface area contributed by atoms with Gasteiger partial charge in [0, 0.05) is 53.4 Å². The highest BCUT2D eigenvalue weighted by Gasteiger charge is 2.37. The molecule has 0 saturated carbocycles. The maximum absolute atomic E-state index is 12.7. The van der Waals surface area contributed by atoms with E-state index in [0.717, 1.165) is 49.3 Å². The van der Waals surface area contributed by atoms with Crippen LogP contribution in [-0.4, -0.2) is 64.0 Å². The Kier molecular flexibility index (Phi) is 6.68. The molecular formula is C24H33N3O2S. The van der Waals surface area contributed by atoms with E-state index in [-0.39, 0.29) is 5.78 Å². The minimum absolute atomic E-state index is 0.204. The number of aromatic nitrogens is 1.